The van der Waals surface area contributed by atoms with Gasteiger partial charge in [-0.05, 0) is 64.7 Å². The lowest BCUT2D eigenvalue weighted by Gasteiger charge is -2.39. The zero-order chi connectivity index (χ0) is 12.6. The second-order valence-corrected chi connectivity index (χ2v) is 6.02. The summed E-state index contributed by atoms with van der Waals surface area (Å²) in [5.41, 5.74) is 0. The van der Waals surface area contributed by atoms with Gasteiger partial charge in [0.15, 0.2) is 0 Å². The molecule has 0 atom stereocenters. The van der Waals surface area contributed by atoms with E-state index in [-0.39, 0.29) is 0 Å². The van der Waals surface area contributed by atoms with Gasteiger partial charge < -0.3 is 0 Å². The van der Waals surface area contributed by atoms with E-state index in [0.29, 0.717) is 6.17 Å². The second kappa shape index (κ2) is 8.16. The van der Waals surface area contributed by atoms with Gasteiger partial charge in [-0.15, -0.1) is 0 Å². The van der Waals surface area contributed by atoms with Crippen LogP contribution in [0.25, 0.3) is 0 Å². The smallest absolute Gasteiger partial charge is 0.0625 e. The number of hydrogen-bond acceptors (Lipinski definition) is 2. The van der Waals surface area contributed by atoms with E-state index in [1.165, 1.54) is 84.0 Å². The van der Waals surface area contributed by atoms with E-state index in [4.69, 9.17) is 0 Å². The zero-order valence-electron chi connectivity index (χ0n) is 12.2. The maximum atomic E-state index is 2.78. The number of rotatable bonds is 4. The third-order valence-corrected chi connectivity index (χ3v) is 4.57. The molecule has 1 radical (unpaired) electrons. The minimum absolute atomic E-state index is 0.700. The molecule has 0 bridgehead atoms. The quantitative estimate of drug-likeness (QED) is 0.752. The highest BCUT2D eigenvalue weighted by Crippen LogP contribution is 2.21. The van der Waals surface area contributed by atoms with Crippen LogP contribution < -0.4 is 0 Å². The van der Waals surface area contributed by atoms with Crippen LogP contribution in [0.15, 0.2) is 0 Å². The lowest BCUT2D eigenvalue weighted by molar-refractivity contribution is 0.0456. The van der Waals surface area contributed by atoms with Crippen LogP contribution in [0.5, 0.6) is 0 Å². The van der Waals surface area contributed by atoms with Gasteiger partial charge in [0.05, 0.1) is 6.17 Å². The van der Waals surface area contributed by atoms with Crippen molar-refractivity contribution in [3.05, 3.63) is 6.42 Å². The lowest BCUT2D eigenvalue weighted by Crippen LogP contribution is -2.49. The summed E-state index contributed by atoms with van der Waals surface area (Å²) in [4.78, 5) is 5.55. The summed E-state index contributed by atoms with van der Waals surface area (Å²) in [6, 6.07) is 0. The van der Waals surface area contributed by atoms with Crippen molar-refractivity contribution in [2.75, 3.05) is 26.2 Å². The van der Waals surface area contributed by atoms with Crippen LogP contribution in [0.3, 0.4) is 0 Å². The molecule has 0 amide bonds. The largest absolute Gasteiger partial charge is 0.288 e. The fourth-order valence-corrected chi connectivity index (χ4v) is 3.53. The molecule has 2 aliphatic heterocycles. The van der Waals surface area contributed by atoms with Crippen LogP contribution in [-0.2, 0) is 0 Å². The molecule has 0 aromatic heterocycles. The van der Waals surface area contributed by atoms with Gasteiger partial charge in [-0.3, -0.25) is 9.80 Å². The van der Waals surface area contributed by atoms with Crippen molar-refractivity contribution in [3.63, 3.8) is 0 Å². The Morgan fingerprint density at radius 3 is 1.44 bits per heavy atom. The standard InChI is InChI=1S/C16H31N2/c1-2-11-16(17-12-7-3-4-8-13-17)18-14-9-5-6-10-15-18/h2,16H,3-15H2,1H3. The van der Waals surface area contributed by atoms with Gasteiger partial charge in [0.25, 0.3) is 0 Å². The van der Waals surface area contributed by atoms with Gasteiger partial charge in [-0.1, -0.05) is 32.6 Å². The highest BCUT2D eigenvalue weighted by molar-refractivity contribution is 4.80. The van der Waals surface area contributed by atoms with Crippen LogP contribution in [0.1, 0.15) is 64.7 Å². The molecule has 2 nitrogen and oxygen atoms in total. The zero-order valence-corrected chi connectivity index (χ0v) is 12.2. The second-order valence-electron chi connectivity index (χ2n) is 6.02. The normalized spacial score (nSPS) is 25.0. The minimum Gasteiger partial charge on any atom is -0.288 e. The third kappa shape index (κ3) is 4.24. The van der Waals surface area contributed by atoms with E-state index in [1.54, 1.807) is 0 Å². The van der Waals surface area contributed by atoms with E-state index in [9.17, 15) is 0 Å². The maximum Gasteiger partial charge on any atom is 0.0625 e. The average Bonchev–Trinajstić information content (AvgIpc) is 2.80. The summed E-state index contributed by atoms with van der Waals surface area (Å²) in [7, 11) is 0. The summed E-state index contributed by atoms with van der Waals surface area (Å²) < 4.78 is 0. The molecule has 0 aromatic rings. The molecule has 2 fully saturated rings. The monoisotopic (exact) mass is 251 g/mol. The predicted molar refractivity (Wildman–Crippen MR) is 78.5 cm³/mol. The van der Waals surface area contributed by atoms with E-state index < -0.39 is 0 Å². The van der Waals surface area contributed by atoms with Crippen LogP contribution in [-0.4, -0.2) is 42.1 Å². The molecular formula is C16H31N2. The maximum absolute atomic E-state index is 2.78. The summed E-state index contributed by atoms with van der Waals surface area (Å²) >= 11 is 0. The van der Waals surface area contributed by atoms with Crippen molar-refractivity contribution < 1.29 is 0 Å². The molecule has 2 aliphatic rings. The molecule has 0 aromatic carbocycles. The van der Waals surface area contributed by atoms with Crippen molar-refractivity contribution >= 4 is 0 Å². The van der Waals surface area contributed by atoms with Crippen molar-refractivity contribution in [3.8, 4) is 0 Å². The van der Waals surface area contributed by atoms with Gasteiger partial charge in [0, 0.05) is 0 Å². The molecule has 2 rings (SSSR count). The van der Waals surface area contributed by atoms with Crippen LogP contribution in [0, 0.1) is 6.42 Å². The molecule has 0 spiro atoms. The van der Waals surface area contributed by atoms with Crippen LogP contribution in [0.2, 0.25) is 0 Å². The Kier molecular flexibility index (Phi) is 6.50. The van der Waals surface area contributed by atoms with Crippen molar-refractivity contribution in [1.29, 1.82) is 0 Å². The first kappa shape index (κ1) is 14.3. The Morgan fingerprint density at radius 2 is 1.11 bits per heavy atom. The topological polar surface area (TPSA) is 6.48 Å². The fraction of sp³-hybridized carbons (Fsp3) is 0.938. The first-order chi connectivity index (χ1) is 8.92. The first-order valence-electron chi connectivity index (χ1n) is 8.18. The summed E-state index contributed by atoms with van der Waals surface area (Å²) in [6.45, 7) is 7.54. The SMILES string of the molecule is C[CH]CC(N1CCCCCC1)N1CCCCCC1. The Bertz CT molecular complexity index is 181. The van der Waals surface area contributed by atoms with Crippen LogP contribution in [0.4, 0.5) is 0 Å². The van der Waals surface area contributed by atoms with E-state index >= 15 is 0 Å². The molecule has 105 valence electrons. The van der Waals surface area contributed by atoms with Gasteiger partial charge >= 0.3 is 0 Å². The molecule has 2 heteroatoms. The first-order valence-corrected chi connectivity index (χ1v) is 8.18. The molecule has 2 heterocycles. The van der Waals surface area contributed by atoms with E-state index in [1.807, 2.05) is 0 Å². The summed E-state index contributed by atoms with van der Waals surface area (Å²) in [5, 5.41) is 0. The lowest BCUT2D eigenvalue weighted by atomic mass is 10.2. The predicted octanol–water partition coefficient (Wildman–Crippen LogP) is 3.68. The summed E-state index contributed by atoms with van der Waals surface area (Å²) in [5.74, 6) is 0. The molecule has 18 heavy (non-hydrogen) atoms. The minimum atomic E-state index is 0.700. The molecule has 2 saturated heterocycles. The molecule has 0 N–H and O–H groups in total. The summed E-state index contributed by atoms with van der Waals surface area (Å²) in [6.07, 6.45) is 15.7. The highest BCUT2D eigenvalue weighted by Gasteiger charge is 2.25. The fourth-order valence-electron chi connectivity index (χ4n) is 3.53. The Morgan fingerprint density at radius 1 is 0.722 bits per heavy atom. The van der Waals surface area contributed by atoms with Crippen LogP contribution >= 0.6 is 0 Å². The van der Waals surface area contributed by atoms with E-state index in [0.717, 1.165) is 0 Å². The number of hydrogen-bond donors (Lipinski definition) is 0. The Balaban J connectivity index is 1.95. The molecule has 0 saturated carbocycles. The average molecular weight is 251 g/mol. The molecular weight excluding hydrogens is 220 g/mol. The highest BCUT2D eigenvalue weighted by atomic mass is 15.3. The number of nitrogens with zero attached hydrogens (tertiary/aromatic N) is 2. The van der Waals surface area contributed by atoms with Crippen molar-refractivity contribution in [2.45, 2.75) is 70.9 Å². The van der Waals surface area contributed by atoms with Crippen molar-refractivity contribution in [1.82, 2.24) is 9.80 Å². The van der Waals surface area contributed by atoms with Gasteiger partial charge in [0.2, 0.25) is 0 Å². The van der Waals surface area contributed by atoms with Gasteiger partial charge in [-0.25, -0.2) is 0 Å². The van der Waals surface area contributed by atoms with Gasteiger partial charge in [-0.2, -0.15) is 0 Å². The Hall–Kier alpha value is -0.0800. The third-order valence-electron chi connectivity index (χ3n) is 4.57. The number of likely N-dealkylation sites (tertiary alicyclic amines) is 2. The Labute approximate surface area is 114 Å². The van der Waals surface area contributed by atoms with E-state index in [2.05, 4.69) is 23.1 Å². The molecule has 0 unspecified atom stereocenters. The molecule has 0 aliphatic carbocycles. The van der Waals surface area contributed by atoms with Crippen molar-refractivity contribution in [2.24, 2.45) is 0 Å². The van der Waals surface area contributed by atoms with Gasteiger partial charge in [0.1, 0.15) is 0 Å².